The van der Waals surface area contributed by atoms with Crippen molar-refractivity contribution >= 4 is 21.6 Å². The van der Waals surface area contributed by atoms with Crippen molar-refractivity contribution in [1.82, 2.24) is 4.31 Å². The van der Waals surface area contributed by atoms with Crippen LogP contribution in [0.5, 0.6) is 0 Å². The van der Waals surface area contributed by atoms with E-state index in [1.165, 1.54) is 4.31 Å². The molecule has 1 aliphatic rings. The maximum absolute atomic E-state index is 12.5. The third-order valence-corrected chi connectivity index (χ3v) is 5.96. The third kappa shape index (κ3) is 2.82. The van der Waals surface area contributed by atoms with Crippen LogP contribution in [0.4, 0.5) is 5.69 Å². The van der Waals surface area contributed by atoms with Crippen molar-refractivity contribution < 1.29 is 13.2 Å². The fourth-order valence-corrected chi connectivity index (χ4v) is 4.27. The van der Waals surface area contributed by atoms with Gasteiger partial charge in [-0.1, -0.05) is 13.8 Å². The van der Waals surface area contributed by atoms with Gasteiger partial charge in [0.1, 0.15) is 0 Å². The number of hydrogen-bond donors (Lipinski definition) is 0. The monoisotopic (exact) mass is 310 g/mol. The Labute approximate surface area is 126 Å². The predicted molar refractivity (Wildman–Crippen MR) is 82.9 cm³/mol. The Balaban J connectivity index is 2.45. The highest BCUT2D eigenvalue weighted by atomic mass is 32.2. The van der Waals surface area contributed by atoms with Gasteiger partial charge in [-0.3, -0.25) is 4.79 Å². The number of benzene rings is 1. The van der Waals surface area contributed by atoms with Crippen molar-refractivity contribution in [3.05, 3.63) is 23.8 Å². The maximum atomic E-state index is 12.5. The van der Waals surface area contributed by atoms with Crippen molar-refractivity contribution in [2.24, 2.45) is 0 Å². The molecule has 1 heterocycles. The third-order valence-electron chi connectivity index (χ3n) is 3.91. The van der Waals surface area contributed by atoms with Crippen LogP contribution in [-0.2, 0) is 21.2 Å². The number of amides is 1. The topological polar surface area (TPSA) is 57.7 Å². The van der Waals surface area contributed by atoms with E-state index < -0.39 is 10.0 Å². The molecule has 0 atom stereocenters. The molecule has 0 saturated carbocycles. The second-order valence-electron chi connectivity index (χ2n) is 5.02. The summed E-state index contributed by atoms with van der Waals surface area (Å²) in [7, 11) is -3.44. The van der Waals surface area contributed by atoms with Gasteiger partial charge in [-0.25, -0.2) is 8.42 Å². The van der Waals surface area contributed by atoms with Crippen molar-refractivity contribution in [3.63, 3.8) is 0 Å². The van der Waals surface area contributed by atoms with Crippen molar-refractivity contribution in [3.8, 4) is 0 Å². The number of anilines is 1. The van der Waals surface area contributed by atoms with Gasteiger partial charge in [0.2, 0.25) is 15.9 Å². The van der Waals surface area contributed by atoms with Gasteiger partial charge in [0.25, 0.3) is 0 Å². The number of rotatable bonds is 5. The summed E-state index contributed by atoms with van der Waals surface area (Å²) in [6.45, 7) is 7.10. The van der Waals surface area contributed by atoms with E-state index in [4.69, 9.17) is 0 Å². The Hall–Kier alpha value is -1.40. The van der Waals surface area contributed by atoms with Gasteiger partial charge in [-0.05, 0) is 37.1 Å². The molecular formula is C15H22N2O3S. The summed E-state index contributed by atoms with van der Waals surface area (Å²) in [4.78, 5) is 13.9. The molecule has 1 aromatic carbocycles. The highest BCUT2D eigenvalue weighted by Crippen LogP contribution is 2.30. The zero-order valence-electron chi connectivity index (χ0n) is 12.8. The Morgan fingerprint density at radius 2 is 1.81 bits per heavy atom. The summed E-state index contributed by atoms with van der Waals surface area (Å²) in [5, 5.41) is 0. The lowest BCUT2D eigenvalue weighted by molar-refractivity contribution is -0.118. The van der Waals surface area contributed by atoms with Crippen LogP contribution in [0.2, 0.25) is 0 Å². The number of fused-ring (bicyclic) bond motifs is 1. The Morgan fingerprint density at radius 1 is 1.14 bits per heavy atom. The van der Waals surface area contributed by atoms with E-state index >= 15 is 0 Å². The molecule has 21 heavy (non-hydrogen) atoms. The van der Waals surface area contributed by atoms with Crippen LogP contribution in [-0.4, -0.2) is 38.3 Å². The van der Waals surface area contributed by atoms with E-state index in [-0.39, 0.29) is 5.91 Å². The average molecular weight is 310 g/mol. The largest absolute Gasteiger partial charge is 0.312 e. The van der Waals surface area contributed by atoms with Crippen LogP contribution in [0.1, 0.15) is 32.8 Å². The van der Waals surface area contributed by atoms with E-state index in [1.54, 1.807) is 23.1 Å². The summed E-state index contributed by atoms with van der Waals surface area (Å²) >= 11 is 0. The standard InChI is InChI=1S/C15H22N2O3S/c1-4-16(5-2)21(19,20)13-8-9-14-12(11-13)7-10-15(18)17(14)6-3/h8-9,11H,4-7,10H2,1-3H3. The minimum absolute atomic E-state index is 0.101. The number of hydrogen-bond acceptors (Lipinski definition) is 3. The van der Waals surface area contributed by atoms with Gasteiger partial charge >= 0.3 is 0 Å². The molecule has 0 bridgehead atoms. The van der Waals surface area contributed by atoms with E-state index in [2.05, 4.69) is 0 Å². The molecule has 0 fully saturated rings. The summed E-state index contributed by atoms with van der Waals surface area (Å²) in [5.74, 6) is 0.101. The van der Waals surface area contributed by atoms with E-state index in [1.807, 2.05) is 20.8 Å². The average Bonchev–Trinajstić information content (AvgIpc) is 2.47. The fourth-order valence-electron chi connectivity index (χ4n) is 2.76. The number of carbonyl (C=O) groups excluding carboxylic acids is 1. The van der Waals surface area contributed by atoms with Crippen LogP contribution in [0.15, 0.2) is 23.1 Å². The van der Waals surface area contributed by atoms with Crippen LogP contribution >= 0.6 is 0 Å². The first-order chi connectivity index (χ1) is 9.95. The Kier molecular flexibility index (Phi) is 4.68. The number of carbonyl (C=O) groups is 1. The first-order valence-electron chi connectivity index (χ1n) is 7.39. The van der Waals surface area contributed by atoms with E-state index in [0.29, 0.717) is 37.4 Å². The molecule has 0 radical (unpaired) electrons. The fraction of sp³-hybridized carbons (Fsp3) is 0.533. The molecule has 0 aromatic heterocycles. The summed E-state index contributed by atoms with van der Waals surface area (Å²) < 4.78 is 26.5. The molecule has 1 aliphatic heterocycles. The number of nitrogens with zero attached hydrogens (tertiary/aromatic N) is 2. The molecule has 0 N–H and O–H groups in total. The van der Waals surface area contributed by atoms with Gasteiger partial charge in [-0.2, -0.15) is 4.31 Å². The van der Waals surface area contributed by atoms with Gasteiger partial charge in [0, 0.05) is 31.7 Å². The highest BCUT2D eigenvalue weighted by Gasteiger charge is 2.27. The zero-order chi connectivity index (χ0) is 15.6. The molecule has 6 heteroatoms. The molecule has 116 valence electrons. The minimum atomic E-state index is -3.44. The van der Waals surface area contributed by atoms with Crippen molar-refractivity contribution in [2.75, 3.05) is 24.5 Å². The molecule has 0 spiro atoms. The Bertz CT molecular complexity index is 636. The van der Waals surface area contributed by atoms with Crippen LogP contribution in [0.3, 0.4) is 0 Å². The lowest BCUT2D eigenvalue weighted by Crippen LogP contribution is -2.35. The summed E-state index contributed by atoms with van der Waals surface area (Å²) in [5.41, 5.74) is 1.77. The molecule has 1 aromatic rings. The smallest absolute Gasteiger partial charge is 0.243 e. The summed E-state index contributed by atoms with van der Waals surface area (Å²) in [6, 6.07) is 5.08. The van der Waals surface area contributed by atoms with Crippen molar-refractivity contribution in [2.45, 2.75) is 38.5 Å². The predicted octanol–water partition coefficient (Wildman–Crippen LogP) is 2.02. The Morgan fingerprint density at radius 3 is 2.38 bits per heavy atom. The quantitative estimate of drug-likeness (QED) is 0.836. The van der Waals surface area contributed by atoms with Gasteiger partial charge < -0.3 is 4.90 Å². The molecule has 0 unspecified atom stereocenters. The molecule has 0 aliphatic carbocycles. The lowest BCUT2D eigenvalue weighted by Gasteiger charge is -2.29. The second-order valence-corrected chi connectivity index (χ2v) is 6.96. The van der Waals surface area contributed by atoms with Crippen LogP contribution in [0.25, 0.3) is 0 Å². The minimum Gasteiger partial charge on any atom is -0.312 e. The molecule has 0 saturated heterocycles. The number of sulfonamides is 1. The maximum Gasteiger partial charge on any atom is 0.243 e. The van der Waals surface area contributed by atoms with E-state index in [0.717, 1.165) is 11.3 Å². The molecule has 1 amide bonds. The number of aryl methyl sites for hydroxylation is 1. The zero-order valence-corrected chi connectivity index (χ0v) is 13.6. The molecular weight excluding hydrogens is 288 g/mol. The van der Waals surface area contributed by atoms with Gasteiger partial charge in [0.15, 0.2) is 0 Å². The second kappa shape index (κ2) is 6.15. The molecule has 5 nitrogen and oxygen atoms in total. The lowest BCUT2D eigenvalue weighted by atomic mass is 10.0. The summed E-state index contributed by atoms with van der Waals surface area (Å²) in [6.07, 6.45) is 1.04. The normalized spacial score (nSPS) is 15.4. The van der Waals surface area contributed by atoms with Crippen LogP contribution in [0, 0.1) is 0 Å². The first-order valence-corrected chi connectivity index (χ1v) is 8.83. The van der Waals surface area contributed by atoms with Crippen LogP contribution < -0.4 is 4.90 Å². The van der Waals surface area contributed by atoms with Crippen molar-refractivity contribution in [1.29, 1.82) is 0 Å². The van der Waals surface area contributed by atoms with E-state index in [9.17, 15) is 13.2 Å². The first kappa shape index (κ1) is 16.0. The van der Waals surface area contributed by atoms with Gasteiger partial charge in [-0.15, -0.1) is 0 Å². The van der Waals surface area contributed by atoms with Gasteiger partial charge in [0.05, 0.1) is 4.90 Å². The molecule has 2 rings (SSSR count). The highest BCUT2D eigenvalue weighted by molar-refractivity contribution is 7.89. The SMILES string of the molecule is CCN1C(=O)CCc2cc(S(=O)(=O)N(CC)CC)ccc21.